The lowest BCUT2D eigenvalue weighted by molar-refractivity contribution is 0.0963. The van der Waals surface area contributed by atoms with Crippen molar-refractivity contribution in [1.29, 1.82) is 0 Å². The quantitative estimate of drug-likeness (QED) is 0.867. The van der Waals surface area contributed by atoms with Crippen LogP contribution in [-0.4, -0.2) is 13.0 Å². The molecule has 0 fully saturated rings. The molecule has 3 nitrogen and oxygen atoms in total. The molecule has 0 bridgehead atoms. The molecule has 0 radical (unpaired) electrons. The Balaban J connectivity index is 1.95. The Labute approximate surface area is 133 Å². The standard InChI is InChI=1S/C17H19BrN2O/c1-12(15-4-3-5-16(18)10-15)20-11-13-6-8-14(9-7-13)17(21)19-2/h3-10,12,20H,11H2,1-2H3,(H,19,21). The van der Waals surface area contributed by atoms with Crippen LogP contribution >= 0.6 is 15.9 Å². The largest absolute Gasteiger partial charge is 0.355 e. The topological polar surface area (TPSA) is 41.1 Å². The van der Waals surface area contributed by atoms with Gasteiger partial charge in [-0.1, -0.05) is 40.2 Å². The van der Waals surface area contributed by atoms with Gasteiger partial charge in [0.25, 0.3) is 5.91 Å². The van der Waals surface area contributed by atoms with Crippen molar-refractivity contribution in [2.24, 2.45) is 0 Å². The molecule has 2 aromatic rings. The second-order valence-electron chi connectivity index (χ2n) is 4.93. The third-order valence-corrected chi connectivity index (χ3v) is 3.90. The summed E-state index contributed by atoms with van der Waals surface area (Å²) in [5.74, 6) is -0.0583. The van der Waals surface area contributed by atoms with E-state index in [1.54, 1.807) is 7.05 Å². The summed E-state index contributed by atoms with van der Waals surface area (Å²) in [4.78, 5) is 11.5. The normalized spacial score (nSPS) is 12.0. The number of benzene rings is 2. The van der Waals surface area contributed by atoms with E-state index in [4.69, 9.17) is 0 Å². The number of hydrogen-bond donors (Lipinski definition) is 2. The van der Waals surface area contributed by atoms with Gasteiger partial charge in [0, 0.05) is 29.7 Å². The summed E-state index contributed by atoms with van der Waals surface area (Å²) in [6.07, 6.45) is 0. The zero-order chi connectivity index (χ0) is 15.2. The average molecular weight is 347 g/mol. The molecule has 0 aliphatic carbocycles. The molecule has 1 amide bonds. The van der Waals surface area contributed by atoms with Crippen LogP contribution in [0.5, 0.6) is 0 Å². The van der Waals surface area contributed by atoms with Gasteiger partial charge in [0.2, 0.25) is 0 Å². The Morgan fingerprint density at radius 2 is 1.90 bits per heavy atom. The fraction of sp³-hybridized carbons (Fsp3) is 0.235. The van der Waals surface area contributed by atoms with Gasteiger partial charge >= 0.3 is 0 Å². The third kappa shape index (κ3) is 4.41. The van der Waals surface area contributed by atoms with Crippen molar-refractivity contribution in [2.45, 2.75) is 19.5 Å². The number of carbonyl (C=O) groups is 1. The molecule has 0 saturated heterocycles. The predicted octanol–water partition coefficient (Wildman–Crippen LogP) is 3.66. The van der Waals surface area contributed by atoms with Crippen LogP contribution in [0.15, 0.2) is 53.0 Å². The molecule has 0 heterocycles. The van der Waals surface area contributed by atoms with Gasteiger partial charge in [-0.15, -0.1) is 0 Å². The van der Waals surface area contributed by atoms with Crippen LogP contribution in [0.1, 0.15) is 34.5 Å². The van der Waals surface area contributed by atoms with Crippen molar-refractivity contribution in [3.63, 3.8) is 0 Å². The summed E-state index contributed by atoms with van der Waals surface area (Å²) in [7, 11) is 1.64. The van der Waals surface area contributed by atoms with Gasteiger partial charge in [0.05, 0.1) is 0 Å². The van der Waals surface area contributed by atoms with Gasteiger partial charge in [-0.2, -0.15) is 0 Å². The smallest absolute Gasteiger partial charge is 0.251 e. The summed E-state index contributed by atoms with van der Waals surface area (Å²) >= 11 is 3.49. The molecular weight excluding hydrogens is 328 g/mol. The van der Waals surface area contributed by atoms with Crippen LogP contribution in [0.25, 0.3) is 0 Å². The molecule has 0 aromatic heterocycles. The van der Waals surface area contributed by atoms with Crippen molar-refractivity contribution in [1.82, 2.24) is 10.6 Å². The Kier molecular flexibility index (Phi) is 5.53. The Bertz CT molecular complexity index is 610. The van der Waals surface area contributed by atoms with Crippen LogP contribution in [0.2, 0.25) is 0 Å². The van der Waals surface area contributed by atoms with E-state index < -0.39 is 0 Å². The number of carbonyl (C=O) groups excluding carboxylic acids is 1. The van der Waals surface area contributed by atoms with Crippen LogP contribution < -0.4 is 10.6 Å². The molecule has 2 N–H and O–H groups in total. The molecule has 0 saturated carbocycles. The molecule has 21 heavy (non-hydrogen) atoms. The van der Waals surface area contributed by atoms with Crippen LogP contribution in [0, 0.1) is 0 Å². The minimum absolute atomic E-state index is 0.0583. The van der Waals surface area contributed by atoms with Gasteiger partial charge in [0.1, 0.15) is 0 Å². The zero-order valence-corrected chi connectivity index (χ0v) is 13.8. The van der Waals surface area contributed by atoms with E-state index in [0.29, 0.717) is 5.56 Å². The number of hydrogen-bond acceptors (Lipinski definition) is 2. The van der Waals surface area contributed by atoms with Crippen molar-refractivity contribution < 1.29 is 4.79 Å². The van der Waals surface area contributed by atoms with E-state index in [1.807, 2.05) is 36.4 Å². The van der Waals surface area contributed by atoms with Gasteiger partial charge in [0.15, 0.2) is 0 Å². The molecule has 2 rings (SSSR count). The first-order chi connectivity index (χ1) is 10.1. The SMILES string of the molecule is CNC(=O)c1ccc(CNC(C)c2cccc(Br)c2)cc1. The maximum absolute atomic E-state index is 11.5. The highest BCUT2D eigenvalue weighted by Gasteiger charge is 2.06. The summed E-state index contributed by atoms with van der Waals surface area (Å²) in [6, 6.07) is 16.2. The highest BCUT2D eigenvalue weighted by atomic mass is 79.9. The van der Waals surface area contributed by atoms with Crippen molar-refractivity contribution in [3.8, 4) is 0 Å². The molecule has 0 spiro atoms. The Hall–Kier alpha value is -1.65. The molecule has 1 atom stereocenters. The molecule has 4 heteroatoms. The Morgan fingerprint density at radius 1 is 1.19 bits per heavy atom. The average Bonchev–Trinajstić information content (AvgIpc) is 2.52. The fourth-order valence-corrected chi connectivity index (χ4v) is 2.50. The minimum Gasteiger partial charge on any atom is -0.355 e. The summed E-state index contributed by atoms with van der Waals surface area (Å²) < 4.78 is 1.09. The lowest BCUT2D eigenvalue weighted by atomic mass is 10.1. The van der Waals surface area contributed by atoms with E-state index in [0.717, 1.165) is 16.6 Å². The van der Waals surface area contributed by atoms with Crippen molar-refractivity contribution in [3.05, 3.63) is 69.7 Å². The van der Waals surface area contributed by atoms with Gasteiger partial charge < -0.3 is 10.6 Å². The summed E-state index contributed by atoms with van der Waals surface area (Å²) in [5, 5.41) is 6.10. The maximum Gasteiger partial charge on any atom is 0.251 e. The van der Waals surface area contributed by atoms with E-state index in [1.165, 1.54) is 5.56 Å². The monoisotopic (exact) mass is 346 g/mol. The van der Waals surface area contributed by atoms with Crippen LogP contribution in [0.3, 0.4) is 0 Å². The fourth-order valence-electron chi connectivity index (χ4n) is 2.08. The first-order valence-corrected chi connectivity index (χ1v) is 7.69. The highest BCUT2D eigenvalue weighted by Crippen LogP contribution is 2.18. The van der Waals surface area contributed by atoms with Crippen molar-refractivity contribution >= 4 is 21.8 Å². The molecule has 110 valence electrons. The minimum atomic E-state index is -0.0583. The van der Waals surface area contributed by atoms with Gasteiger partial charge in [-0.3, -0.25) is 4.79 Å². The first-order valence-electron chi connectivity index (χ1n) is 6.90. The van der Waals surface area contributed by atoms with Gasteiger partial charge in [-0.25, -0.2) is 0 Å². The van der Waals surface area contributed by atoms with E-state index in [2.05, 4.69) is 45.6 Å². The lowest BCUT2D eigenvalue weighted by Crippen LogP contribution is -2.19. The molecule has 1 unspecified atom stereocenters. The first kappa shape index (κ1) is 15.7. The summed E-state index contributed by atoms with van der Waals surface area (Å²) in [5.41, 5.74) is 3.08. The summed E-state index contributed by atoms with van der Waals surface area (Å²) in [6.45, 7) is 2.91. The van der Waals surface area contributed by atoms with Crippen LogP contribution in [0.4, 0.5) is 0 Å². The molecule has 0 aliphatic rings. The predicted molar refractivity (Wildman–Crippen MR) is 89.2 cm³/mol. The zero-order valence-electron chi connectivity index (χ0n) is 12.2. The second-order valence-corrected chi connectivity index (χ2v) is 5.85. The molecule has 2 aromatic carbocycles. The Morgan fingerprint density at radius 3 is 2.52 bits per heavy atom. The number of halogens is 1. The molecular formula is C17H19BrN2O. The van der Waals surface area contributed by atoms with E-state index in [9.17, 15) is 4.79 Å². The van der Waals surface area contributed by atoms with Crippen molar-refractivity contribution in [2.75, 3.05) is 7.05 Å². The number of amides is 1. The number of rotatable bonds is 5. The lowest BCUT2D eigenvalue weighted by Gasteiger charge is -2.15. The third-order valence-electron chi connectivity index (χ3n) is 3.40. The second kappa shape index (κ2) is 7.38. The van der Waals surface area contributed by atoms with Gasteiger partial charge in [-0.05, 0) is 42.3 Å². The van der Waals surface area contributed by atoms with E-state index in [-0.39, 0.29) is 11.9 Å². The maximum atomic E-state index is 11.5. The number of nitrogens with one attached hydrogen (secondary N) is 2. The van der Waals surface area contributed by atoms with Crippen LogP contribution in [-0.2, 0) is 6.54 Å². The van der Waals surface area contributed by atoms with E-state index >= 15 is 0 Å². The highest BCUT2D eigenvalue weighted by molar-refractivity contribution is 9.10. The molecule has 0 aliphatic heterocycles.